The number of rotatable bonds is 5. The molecule has 0 aliphatic rings. The molecule has 2 aromatic carbocycles. The lowest BCUT2D eigenvalue weighted by Gasteiger charge is -2.18. The van der Waals surface area contributed by atoms with Gasteiger partial charge in [0, 0.05) is 41.5 Å². The van der Waals surface area contributed by atoms with Crippen LogP contribution in [0, 0.1) is 11.6 Å². The Morgan fingerprint density at radius 3 is 1.74 bits per heavy atom. The van der Waals surface area contributed by atoms with Gasteiger partial charge in [-0.2, -0.15) is 0 Å². The van der Waals surface area contributed by atoms with E-state index in [1.54, 1.807) is 68.1 Å². The van der Waals surface area contributed by atoms with Gasteiger partial charge < -0.3 is 13.9 Å². The van der Waals surface area contributed by atoms with Crippen molar-refractivity contribution in [2.75, 3.05) is 0 Å². The maximum atomic E-state index is 12.9. The molecule has 0 amide bonds. The average molecular weight is 571 g/mol. The Kier molecular flexibility index (Phi) is 9.64. The number of nitrogens with zero attached hydrogens (tertiary/aromatic N) is 6. The van der Waals surface area contributed by atoms with Gasteiger partial charge in [0.25, 0.3) is 5.89 Å². The Morgan fingerprint density at radius 2 is 1.26 bits per heavy atom. The predicted octanol–water partition coefficient (Wildman–Crippen LogP) is 5.69. The Bertz CT molecular complexity index is 1680. The highest BCUT2D eigenvalue weighted by Gasteiger charge is 2.32. The maximum Gasteiger partial charge on any atom is 0.252 e. The lowest BCUT2D eigenvalue weighted by molar-refractivity contribution is 0.0712. The van der Waals surface area contributed by atoms with E-state index in [1.807, 2.05) is 0 Å². The summed E-state index contributed by atoms with van der Waals surface area (Å²) in [5.41, 5.74) is 1.18. The Balaban J connectivity index is 0.000000162. The number of aromatic nitrogens is 6. The molecule has 1 N–H and O–H groups in total. The number of halogens is 2. The summed E-state index contributed by atoms with van der Waals surface area (Å²) in [5, 5.41) is 25.5. The van der Waals surface area contributed by atoms with E-state index in [4.69, 9.17) is 8.83 Å². The van der Waals surface area contributed by atoms with Crippen LogP contribution >= 0.6 is 0 Å². The summed E-state index contributed by atoms with van der Waals surface area (Å²) >= 11 is 0. The van der Waals surface area contributed by atoms with E-state index in [2.05, 4.69) is 30.4 Å². The number of aliphatic hydroxyl groups is 1. The minimum atomic E-state index is -1.42. The average Bonchev–Trinajstić information content (AvgIpc) is 3.74. The van der Waals surface area contributed by atoms with E-state index >= 15 is 0 Å². The number of hydrogen-bond acceptors (Lipinski definition) is 10. The molecule has 1 atom stereocenters. The van der Waals surface area contributed by atoms with Crippen molar-refractivity contribution in [3.05, 3.63) is 133 Å². The van der Waals surface area contributed by atoms with Crippen molar-refractivity contribution >= 4 is 5.78 Å². The van der Waals surface area contributed by atoms with Crippen LogP contribution in [0.15, 0.2) is 113 Å². The number of ketones is 1. The fraction of sp³-hybridized carbons (Fsp3) is 0.100. The van der Waals surface area contributed by atoms with Gasteiger partial charge in [-0.25, -0.2) is 8.78 Å². The van der Waals surface area contributed by atoms with Crippen molar-refractivity contribution in [2.24, 2.45) is 0 Å². The Morgan fingerprint density at radius 1 is 0.738 bits per heavy atom. The van der Waals surface area contributed by atoms with Crippen LogP contribution in [0.5, 0.6) is 0 Å². The third kappa shape index (κ3) is 7.79. The van der Waals surface area contributed by atoms with E-state index in [1.165, 1.54) is 49.7 Å². The zero-order valence-corrected chi connectivity index (χ0v) is 22.4. The number of carbonyl (C=O) groups is 1. The van der Waals surface area contributed by atoms with Gasteiger partial charge in [0.15, 0.2) is 11.4 Å². The smallest absolute Gasteiger partial charge is 0.252 e. The molecular formula is C30H24F2N6O4. The summed E-state index contributed by atoms with van der Waals surface area (Å²) in [4.78, 5) is 18.3. The molecule has 0 saturated heterocycles. The molecule has 42 heavy (non-hydrogen) atoms. The minimum Gasteiger partial charge on any atom is -0.423 e. The third-order valence-electron chi connectivity index (χ3n) is 5.71. The van der Waals surface area contributed by atoms with Crippen LogP contribution in [-0.4, -0.2) is 41.3 Å². The molecule has 0 aliphatic heterocycles. The molecular weight excluding hydrogens is 546 g/mol. The highest BCUT2D eigenvalue weighted by molar-refractivity contribution is 5.93. The second kappa shape index (κ2) is 13.7. The quantitative estimate of drug-likeness (QED) is 0.257. The van der Waals surface area contributed by atoms with E-state index in [0.29, 0.717) is 28.1 Å². The number of Topliss-reactive ketones (excluding diaryl/α,β-unsaturated/α-hetero) is 1. The van der Waals surface area contributed by atoms with Crippen molar-refractivity contribution in [1.82, 2.24) is 30.4 Å². The van der Waals surface area contributed by atoms with E-state index in [9.17, 15) is 18.7 Å². The van der Waals surface area contributed by atoms with E-state index in [0.717, 1.165) is 0 Å². The highest BCUT2D eigenvalue weighted by Crippen LogP contribution is 2.29. The molecule has 0 bridgehead atoms. The summed E-state index contributed by atoms with van der Waals surface area (Å²) in [6, 6.07) is 18.3. The molecule has 6 aromatic rings. The first-order valence-electron chi connectivity index (χ1n) is 12.4. The molecule has 0 radical (unpaired) electrons. The molecule has 0 fully saturated rings. The van der Waals surface area contributed by atoms with Gasteiger partial charge in [0.1, 0.15) is 11.6 Å². The van der Waals surface area contributed by atoms with Crippen molar-refractivity contribution in [1.29, 1.82) is 0 Å². The first kappa shape index (κ1) is 29.5. The molecule has 10 nitrogen and oxygen atoms in total. The van der Waals surface area contributed by atoms with Crippen LogP contribution in [0.4, 0.5) is 8.78 Å². The number of hydrogen-bond donors (Lipinski definition) is 1. The standard InChI is InChI=1S/C15H12FN3O2.C8H5FN2O.C7H7NO/c1-15(20,11-6-8-17-9-7-11)14-19-18-13(21-14)10-2-4-12(16)5-3-10;9-7-3-1-6(2-4-7)8-11-10-5-12-8;1-6(9)7-2-4-8-5-3-7/h2-9,20H,1H3;1-5H;2-5H,1H3. The van der Waals surface area contributed by atoms with Gasteiger partial charge in [-0.1, -0.05) is 0 Å². The Labute approximate surface area is 238 Å². The fourth-order valence-electron chi connectivity index (χ4n) is 3.41. The van der Waals surface area contributed by atoms with Crippen LogP contribution in [0.1, 0.15) is 35.7 Å². The number of benzene rings is 2. The van der Waals surface area contributed by atoms with Gasteiger partial charge in [-0.15, -0.1) is 20.4 Å². The van der Waals surface area contributed by atoms with Gasteiger partial charge in [0.2, 0.25) is 18.2 Å². The first-order chi connectivity index (χ1) is 20.2. The zero-order chi connectivity index (χ0) is 30.0. The van der Waals surface area contributed by atoms with Gasteiger partial charge >= 0.3 is 0 Å². The predicted molar refractivity (Wildman–Crippen MR) is 147 cm³/mol. The fourth-order valence-corrected chi connectivity index (χ4v) is 3.41. The maximum absolute atomic E-state index is 12.9. The van der Waals surface area contributed by atoms with Crippen molar-refractivity contribution in [2.45, 2.75) is 19.4 Å². The lowest BCUT2D eigenvalue weighted by atomic mass is 9.97. The number of pyridine rings is 2. The number of carbonyl (C=O) groups excluding carboxylic acids is 1. The molecule has 1 unspecified atom stereocenters. The van der Waals surface area contributed by atoms with E-state index < -0.39 is 5.60 Å². The summed E-state index contributed by atoms with van der Waals surface area (Å²) < 4.78 is 35.8. The first-order valence-corrected chi connectivity index (χ1v) is 12.4. The topological polar surface area (TPSA) is 141 Å². The molecule has 12 heteroatoms. The zero-order valence-electron chi connectivity index (χ0n) is 22.4. The molecule has 0 spiro atoms. The lowest BCUT2D eigenvalue weighted by Crippen LogP contribution is -2.23. The van der Waals surface area contributed by atoms with Gasteiger partial charge in [0.05, 0.1) is 0 Å². The molecule has 212 valence electrons. The van der Waals surface area contributed by atoms with Gasteiger partial charge in [-0.05, 0) is 92.2 Å². The van der Waals surface area contributed by atoms with Crippen molar-refractivity contribution < 1.29 is 27.5 Å². The molecule has 0 saturated carbocycles. The summed E-state index contributed by atoms with van der Waals surface area (Å²) in [6.07, 6.45) is 7.59. The summed E-state index contributed by atoms with van der Waals surface area (Å²) in [5.74, 6) is 0.139. The van der Waals surface area contributed by atoms with Crippen LogP contribution in [-0.2, 0) is 5.60 Å². The molecule has 4 heterocycles. The van der Waals surface area contributed by atoms with Crippen LogP contribution < -0.4 is 0 Å². The monoisotopic (exact) mass is 570 g/mol. The summed E-state index contributed by atoms with van der Waals surface area (Å²) in [6.45, 7) is 3.10. The van der Waals surface area contributed by atoms with Crippen molar-refractivity contribution in [3.63, 3.8) is 0 Å². The SMILES string of the molecule is CC(=O)c1ccncc1.CC(O)(c1ccncc1)c1nnc(-c2ccc(F)cc2)o1.Fc1ccc(-c2nnco2)cc1. The van der Waals surface area contributed by atoms with Crippen LogP contribution in [0.25, 0.3) is 22.9 Å². The molecule has 6 rings (SSSR count). The van der Waals surface area contributed by atoms with Crippen molar-refractivity contribution in [3.8, 4) is 22.9 Å². The molecule has 4 aromatic heterocycles. The highest BCUT2D eigenvalue weighted by atomic mass is 19.1. The van der Waals surface area contributed by atoms with Crippen LogP contribution in [0.2, 0.25) is 0 Å². The van der Waals surface area contributed by atoms with E-state index in [-0.39, 0.29) is 29.2 Å². The largest absolute Gasteiger partial charge is 0.423 e. The third-order valence-corrected chi connectivity index (χ3v) is 5.71. The van der Waals surface area contributed by atoms with Gasteiger partial charge in [-0.3, -0.25) is 14.8 Å². The van der Waals surface area contributed by atoms with Crippen LogP contribution in [0.3, 0.4) is 0 Å². The normalized spacial score (nSPS) is 11.7. The second-order valence-corrected chi connectivity index (χ2v) is 8.77. The second-order valence-electron chi connectivity index (χ2n) is 8.77. The molecule has 0 aliphatic carbocycles. The summed E-state index contributed by atoms with van der Waals surface area (Å²) in [7, 11) is 0. The Hall–Kier alpha value is -5.49. The minimum absolute atomic E-state index is 0.0630.